The minimum atomic E-state index is -0.625. The number of hydrogen-bond acceptors (Lipinski definition) is 7. The molecule has 0 radical (unpaired) electrons. The van der Waals surface area contributed by atoms with E-state index in [-0.39, 0.29) is 41.5 Å². The van der Waals surface area contributed by atoms with E-state index in [2.05, 4.69) is 30.7 Å². The molecule has 0 amide bonds. The van der Waals surface area contributed by atoms with E-state index in [0.29, 0.717) is 49.7 Å². The largest absolute Gasteiger partial charge is 0.494 e. The molecular formula is C32H46FN3O5. The van der Waals surface area contributed by atoms with Crippen LogP contribution in [0.25, 0.3) is 0 Å². The van der Waals surface area contributed by atoms with Crippen molar-refractivity contribution in [3.63, 3.8) is 0 Å². The predicted octanol–water partition coefficient (Wildman–Crippen LogP) is 5.70. The summed E-state index contributed by atoms with van der Waals surface area (Å²) in [5.74, 6) is 0.204. The van der Waals surface area contributed by atoms with Gasteiger partial charge in [-0.05, 0) is 55.9 Å². The van der Waals surface area contributed by atoms with Gasteiger partial charge in [0.1, 0.15) is 18.1 Å². The van der Waals surface area contributed by atoms with E-state index >= 15 is 4.39 Å². The van der Waals surface area contributed by atoms with Crippen LogP contribution in [0.15, 0.2) is 23.2 Å². The fourth-order valence-corrected chi connectivity index (χ4v) is 5.04. The Hall–Kier alpha value is -3.33. The Kier molecular flexibility index (Phi) is 11.4. The molecule has 0 saturated carbocycles. The van der Waals surface area contributed by atoms with Crippen LogP contribution in [0.5, 0.6) is 17.2 Å². The normalized spacial score (nSPS) is 14.5. The minimum absolute atomic E-state index is 0.00437. The second-order valence-corrected chi connectivity index (χ2v) is 11.1. The van der Waals surface area contributed by atoms with Gasteiger partial charge in [0.2, 0.25) is 0 Å². The zero-order valence-corrected chi connectivity index (χ0v) is 25.7. The van der Waals surface area contributed by atoms with E-state index in [0.717, 1.165) is 36.4 Å². The quantitative estimate of drug-likeness (QED) is 0.198. The fraction of sp³-hybridized carbons (Fsp3) is 0.562. The number of nitrogens with two attached hydrogens (primary N) is 1. The molecular weight excluding hydrogens is 525 g/mol. The number of anilines is 1. The number of methoxy groups -OCH3 is 1. The Morgan fingerprint density at radius 3 is 2.44 bits per heavy atom. The lowest BCUT2D eigenvalue weighted by molar-refractivity contribution is 0.100. The third-order valence-electron chi connectivity index (χ3n) is 6.99. The van der Waals surface area contributed by atoms with Crippen LogP contribution in [0.1, 0.15) is 81.4 Å². The van der Waals surface area contributed by atoms with Gasteiger partial charge in [0.05, 0.1) is 38.2 Å². The number of carbonyl (C=O) groups is 1. The molecule has 0 atom stereocenters. The number of rotatable bonds is 12. The summed E-state index contributed by atoms with van der Waals surface area (Å²) in [6.45, 7) is 15.1. The van der Waals surface area contributed by atoms with Gasteiger partial charge in [-0.15, -0.1) is 0 Å². The molecule has 0 aliphatic carbocycles. The third-order valence-corrected chi connectivity index (χ3v) is 6.99. The van der Waals surface area contributed by atoms with Crippen LogP contribution >= 0.6 is 0 Å². The lowest BCUT2D eigenvalue weighted by Gasteiger charge is -2.30. The third kappa shape index (κ3) is 7.70. The highest BCUT2D eigenvalue weighted by molar-refractivity contribution is 6.04. The first-order valence-electron chi connectivity index (χ1n) is 14.6. The smallest absolute Gasteiger partial charge is 0.197 e. The summed E-state index contributed by atoms with van der Waals surface area (Å²) in [5, 5.41) is 0. The molecule has 1 saturated heterocycles. The van der Waals surface area contributed by atoms with Gasteiger partial charge >= 0.3 is 0 Å². The highest BCUT2D eigenvalue weighted by atomic mass is 19.1. The van der Waals surface area contributed by atoms with Crippen molar-refractivity contribution in [2.75, 3.05) is 58.1 Å². The molecule has 1 aliphatic heterocycles. The molecule has 1 aliphatic rings. The topological polar surface area (TPSA) is 95.6 Å². The number of halogens is 1. The van der Waals surface area contributed by atoms with Crippen molar-refractivity contribution in [2.45, 2.75) is 66.2 Å². The molecule has 0 spiro atoms. The number of carbonyl (C=O) groups excluding carboxylic acids is 1. The van der Waals surface area contributed by atoms with Crippen LogP contribution in [0.2, 0.25) is 0 Å². The molecule has 8 nitrogen and oxygen atoms in total. The molecule has 9 heteroatoms. The zero-order valence-electron chi connectivity index (χ0n) is 25.7. The van der Waals surface area contributed by atoms with Crippen molar-refractivity contribution in [1.82, 2.24) is 0 Å². The maximum Gasteiger partial charge on any atom is 0.197 e. The van der Waals surface area contributed by atoms with E-state index in [9.17, 15) is 4.79 Å². The molecule has 2 aromatic carbocycles. The predicted molar refractivity (Wildman–Crippen MR) is 162 cm³/mol. The van der Waals surface area contributed by atoms with E-state index in [1.54, 1.807) is 20.1 Å². The van der Waals surface area contributed by atoms with Crippen molar-refractivity contribution < 1.29 is 28.1 Å². The Morgan fingerprint density at radius 1 is 1.07 bits per heavy atom. The van der Waals surface area contributed by atoms with Gasteiger partial charge in [-0.2, -0.15) is 0 Å². The molecule has 41 heavy (non-hydrogen) atoms. The van der Waals surface area contributed by atoms with Crippen molar-refractivity contribution >= 4 is 17.3 Å². The van der Waals surface area contributed by atoms with E-state index in [1.165, 1.54) is 0 Å². The molecule has 3 rings (SSSR count). The molecule has 2 N–H and O–H groups in total. The summed E-state index contributed by atoms with van der Waals surface area (Å²) in [7, 11) is 1.66. The lowest BCUT2D eigenvalue weighted by atomic mass is 9.84. The van der Waals surface area contributed by atoms with Crippen LogP contribution in [0, 0.1) is 5.82 Å². The Morgan fingerprint density at radius 2 is 1.80 bits per heavy atom. The number of hydrogen-bond donors (Lipinski definition) is 1. The van der Waals surface area contributed by atoms with Gasteiger partial charge in [-0.3, -0.25) is 9.79 Å². The first kappa shape index (κ1) is 32.2. The number of aryl methyl sites for hydroxylation is 1. The standard InChI is InChI=1S/C32H46FN3O5/c1-8-12-21-19-26(40-9-2)30(41-10-3)28(33)27(21)31(34)35-20-25(37)22-17-23(32(4,5)6)29(38-7)24(18-22)36-13-11-15-39-16-14-36/h17-19H,8-16,20H2,1-7H3,(H2,34,35). The first-order valence-corrected chi connectivity index (χ1v) is 14.6. The highest BCUT2D eigenvalue weighted by Gasteiger charge is 2.27. The lowest BCUT2D eigenvalue weighted by Crippen LogP contribution is -2.28. The van der Waals surface area contributed by atoms with Crippen LogP contribution in [0.4, 0.5) is 10.1 Å². The van der Waals surface area contributed by atoms with Crippen LogP contribution in [-0.4, -0.2) is 64.8 Å². The van der Waals surface area contributed by atoms with Crippen LogP contribution < -0.4 is 24.8 Å². The molecule has 0 bridgehead atoms. The Labute approximate surface area is 244 Å². The monoisotopic (exact) mass is 571 g/mol. The van der Waals surface area contributed by atoms with Gasteiger partial charge in [-0.25, -0.2) is 4.39 Å². The number of aliphatic imine (C=N–C) groups is 1. The number of nitrogens with zero attached hydrogens (tertiary/aromatic N) is 2. The van der Waals surface area contributed by atoms with Gasteiger partial charge in [0.25, 0.3) is 0 Å². The number of ether oxygens (including phenoxy) is 4. The molecule has 2 aromatic rings. The van der Waals surface area contributed by atoms with Crippen molar-refractivity contribution in [3.8, 4) is 17.2 Å². The minimum Gasteiger partial charge on any atom is -0.494 e. The Balaban J connectivity index is 2.04. The fourth-order valence-electron chi connectivity index (χ4n) is 5.04. The SMILES string of the molecule is CCCc1cc(OCC)c(OCC)c(F)c1C(N)=NCC(=O)c1cc(N2CCCOCC2)c(OC)c(C(C)(C)C)c1. The summed E-state index contributed by atoms with van der Waals surface area (Å²) in [5.41, 5.74) is 9.19. The number of amidine groups is 1. The van der Waals surface area contributed by atoms with Crippen LogP contribution in [0.3, 0.4) is 0 Å². The highest BCUT2D eigenvalue weighted by Crippen LogP contribution is 2.41. The molecule has 1 fully saturated rings. The molecule has 226 valence electrons. The van der Waals surface area contributed by atoms with Gasteiger partial charge < -0.3 is 29.6 Å². The number of Topliss-reactive ketones (excluding diaryl/α,β-unsaturated/α-hetero) is 1. The maximum absolute atomic E-state index is 15.8. The summed E-state index contributed by atoms with van der Waals surface area (Å²) >= 11 is 0. The van der Waals surface area contributed by atoms with Crippen molar-refractivity contribution in [1.29, 1.82) is 0 Å². The Bertz CT molecular complexity index is 1230. The summed E-state index contributed by atoms with van der Waals surface area (Å²) < 4.78 is 38.6. The van der Waals surface area contributed by atoms with E-state index in [1.807, 2.05) is 26.0 Å². The van der Waals surface area contributed by atoms with E-state index < -0.39 is 5.82 Å². The first-order chi connectivity index (χ1) is 19.6. The van der Waals surface area contributed by atoms with Gasteiger partial charge in [0, 0.05) is 30.8 Å². The molecule has 0 aromatic heterocycles. The van der Waals surface area contributed by atoms with Gasteiger partial charge in [0.15, 0.2) is 23.1 Å². The summed E-state index contributed by atoms with van der Waals surface area (Å²) in [6, 6.07) is 5.50. The summed E-state index contributed by atoms with van der Waals surface area (Å²) in [4.78, 5) is 20.2. The summed E-state index contributed by atoms with van der Waals surface area (Å²) in [6.07, 6.45) is 2.22. The average molecular weight is 572 g/mol. The number of benzene rings is 2. The molecule has 0 unspecified atom stereocenters. The van der Waals surface area contributed by atoms with Crippen molar-refractivity contribution in [3.05, 3.63) is 46.3 Å². The number of ketones is 1. The van der Waals surface area contributed by atoms with E-state index in [4.69, 9.17) is 24.7 Å². The average Bonchev–Trinajstić information content (AvgIpc) is 3.22. The van der Waals surface area contributed by atoms with Crippen LogP contribution in [-0.2, 0) is 16.6 Å². The molecule has 1 heterocycles. The second kappa shape index (κ2) is 14.5. The van der Waals surface area contributed by atoms with Gasteiger partial charge in [-0.1, -0.05) is 34.1 Å². The second-order valence-electron chi connectivity index (χ2n) is 11.1. The zero-order chi connectivity index (χ0) is 30.2. The maximum atomic E-state index is 15.8. The van der Waals surface area contributed by atoms with Crippen molar-refractivity contribution in [2.24, 2.45) is 10.7 Å².